The Morgan fingerprint density at radius 1 is 1.04 bits per heavy atom. The van der Waals surface area contributed by atoms with E-state index in [1.807, 2.05) is 30.3 Å². The molecule has 2 heterocycles. The zero-order valence-electron chi connectivity index (χ0n) is 14.9. The van der Waals surface area contributed by atoms with Crippen LogP contribution in [0.5, 0.6) is 0 Å². The summed E-state index contributed by atoms with van der Waals surface area (Å²) in [6.07, 6.45) is 2.70. The maximum absolute atomic E-state index is 13.4. The van der Waals surface area contributed by atoms with Crippen molar-refractivity contribution in [3.05, 3.63) is 66.1 Å². The molecule has 0 radical (unpaired) electrons. The number of aromatic nitrogens is 3. The van der Waals surface area contributed by atoms with E-state index in [1.54, 1.807) is 12.3 Å². The highest BCUT2D eigenvalue weighted by Gasteiger charge is 2.09. The van der Waals surface area contributed by atoms with Gasteiger partial charge in [-0.25, -0.2) is 9.37 Å². The summed E-state index contributed by atoms with van der Waals surface area (Å²) in [7, 11) is 0. The predicted octanol–water partition coefficient (Wildman–Crippen LogP) is 4.50. The first-order chi connectivity index (χ1) is 12.6. The van der Waals surface area contributed by atoms with Gasteiger partial charge in [-0.15, -0.1) is 0 Å². The van der Waals surface area contributed by atoms with Crippen molar-refractivity contribution in [2.45, 2.75) is 32.9 Å². The van der Waals surface area contributed by atoms with Crippen LogP contribution in [0.2, 0.25) is 0 Å². The van der Waals surface area contributed by atoms with E-state index in [9.17, 15) is 4.39 Å². The summed E-state index contributed by atoms with van der Waals surface area (Å²) in [6.45, 7) is 4.65. The van der Waals surface area contributed by atoms with E-state index in [1.165, 1.54) is 12.1 Å². The minimum absolute atomic E-state index is 0.250. The molecule has 0 aliphatic heterocycles. The van der Waals surface area contributed by atoms with Gasteiger partial charge in [0, 0.05) is 24.8 Å². The Morgan fingerprint density at radius 3 is 2.65 bits per heavy atom. The lowest BCUT2D eigenvalue weighted by molar-refractivity contribution is 0.626. The largest absolute Gasteiger partial charge is 0.366 e. The molecule has 0 amide bonds. The van der Waals surface area contributed by atoms with E-state index in [4.69, 9.17) is 0 Å². The van der Waals surface area contributed by atoms with Gasteiger partial charge < -0.3 is 10.6 Å². The minimum atomic E-state index is -0.250. The van der Waals surface area contributed by atoms with Crippen LogP contribution in [-0.2, 0) is 6.54 Å². The normalized spacial score (nSPS) is 11.8. The van der Waals surface area contributed by atoms with E-state index >= 15 is 0 Å². The van der Waals surface area contributed by atoms with Gasteiger partial charge in [-0.05, 0) is 43.2 Å². The van der Waals surface area contributed by atoms with Crippen molar-refractivity contribution in [2.75, 3.05) is 10.6 Å². The van der Waals surface area contributed by atoms with Crippen LogP contribution in [-0.4, -0.2) is 21.0 Å². The summed E-state index contributed by atoms with van der Waals surface area (Å²) < 4.78 is 13.4. The van der Waals surface area contributed by atoms with Crippen molar-refractivity contribution in [3.63, 3.8) is 0 Å². The molecule has 134 valence electrons. The third-order valence-corrected chi connectivity index (χ3v) is 4.00. The molecule has 0 saturated heterocycles. The van der Waals surface area contributed by atoms with Gasteiger partial charge in [-0.1, -0.05) is 25.1 Å². The Balaban J connectivity index is 1.86. The van der Waals surface area contributed by atoms with Crippen molar-refractivity contribution >= 4 is 11.8 Å². The highest BCUT2D eigenvalue weighted by Crippen LogP contribution is 2.20. The molecule has 0 fully saturated rings. The lowest BCUT2D eigenvalue weighted by Gasteiger charge is -2.14. The predicted molar refractivity (Wildman–Crippen MR) is 102 cm³/mol. The van der Waals surface area contributed by atoms with Gasteiger partial charge in [0.2, 0.25) is 5.95 Å². The molecule has 0 bridgehead atoms. The second-order valence-electron chi connectivity index (χ2n) is 6.11. The van der Waals surface area contributed by atoms with Crippen LogP contribution in [0.15, 0.2) is 54.7 Å². The summed E-state index contributed by atoms with van der Waals surface area (Å²) in [6, 6.07) is 14.3. The third-order valence-electron chi connectivity index (χ3n) is 4.00. The summed E-state index contributed by atoms with van der Waals surface area (Å²) in [5.74, 6) is 0.959. The number of nitrogens with one attached hydrogen (secondary N) is 2. The van der Waals surface area contributed by atoms with Crippen LogP contribution in [0.25, 0.3) is 11.4 Å². The zero-order chi connectivity index (χ0) is 18.4. The van der Waals surface area contributed by atoms with Crippen molar-refractivity contribution in [1.29, 1.82) is 0 Å². The Hall–Kier alpha value is -3.02. The van der Waals surface area contributed by atoms with Crippen LogP contribution in [0.4, 0.5) is 16.2 Å². The van der Waals surface area contributed by atoms with Gasteiger partial charge in [0.25, 0.3) is 0 Å². The van der Waals surface area contributed by atoms with Crippen molar-refractivity contribution in [2.24, 2.45) is 0 Å². The lowest BCUT2D eigenvalue weighted by atomic mass is 10.2. The molecular weight excluding hydrogens is 329 g/mol. The van der Waals surface area contributed by atoms with E-state index in [-0.39, 0.29) is 11.9 Å². The van der Waals surface area contributed by atoms with Gasteiger partial charge in [-0.3, -0.25) is 4.98 Å². The number of benzene rings is 1. The molecule has 2 aromatic heterocycles. The summed E-state index contributed by atoms with van der Waals surface area (Å²) in [5, 5.41) is 6.54. The van der Waals surface area contributed by atoms with Crippen LogP contribution < -0.4 is 10.6 Å². The highest BCUT2D eigenvalue weighted by molar-refractivity contribution is 5.61. The fourth-order valence-corrected chi connectivity index (χ4v) is 2.41. The molecule has 26 heavy (non-hydrogen) atoms. The lowest BCUT2D eigenvalue weighted by Crippen LogP contribution is -2.16. The van der Waals surface area contributed by atoms with Gasteiger partial charge in [-0.2, -0.15) is 4.98 Å². The maximum Gasteiger partial charge on any atom is 0.225 e. The molecule has 1 aromatic carbocycles. The first-order valence-electron chi connectivity index (χ1n) is 8.69. The number of nitrogens with zero attached hydrogens (tertiary/aromatic N) is 3. The summed E-state index contributed by atoms with van der Waals surface area (Å²) >= 11 is 0. The standard InChI is InChI=1S/C20H22FN5/c1-3-14(2)24-20-25-18(17-9-4-5-10-22-17)12-19(26-20)23-13-15-7-6-8-16(21)11-15/h4-12,14H,3,13H2,1-2H3,(H2,23,24,25,26)/t14-/m0/s1. The Morgan fingerprint density at radius 2 is 1.92 bits per heavy atom. The monoisotopic (exact) mass is 351 g/mol. The van der Waals surface area contributed by atoms with E-state index < -0.39 is 0 Å². The first-order valence-corrected chi connectivity index (χ1v) is 8.69. The topological polar surface area (TPSA) is 62.7 Å². The average molecular weight is 351 g/mol. The fraction of sp³-hybridized carbons (Fsp3) is 0.250. The van der Waals surface area contributed by atoms with Crippen molar-refractivity contribution in [1.82, 2.24) is 15.0 Å². The van der Waals surface area contributed by atoms with Gasteiger partial charge in [0.15, 0.2) is 0 Å². The SMILES string of the molecule is CC[C@H](C)Nc1nc(NCc2cccc(F)c2)cc(-c2ccccn2)n1. The molecule has 3 rings (SSSR count). The first kappa shape index (κ1) is 17.8. The van der Waals surface area contributed by atoms with Crippen molar-refractivity contribution in [3.8, 4) is 11.4 Å². The molecule has 0 aliphatic carbocycles. The Labute approximate surface area is 152 Å². The third kappa shape index (κ3) is 4.75. The Bertz CT molecular complexity index is 854. The maximum atomic E-state index is 13.4. The van der Waals surface area contributed by atoms with Crippen molar-refractivity contribution < 1.29 is 4.39 Å². The van der Waals surface area contributed by atoms with Crippen LogP contribution in [0, 0.1) is 5.82 Å². The van der Waals surface area contributed by atoms with Gasteiger partial charge in [0.1, 0.15) is 11.6 Å². The Kier molecular flexibility index (Phi) is 5.73. The molecule has 1 atom stereocenters. The number of hydrogen-bond donors (Lipinski definition) is 2. The molecule has 6 heteroatoms. The molecule has 3 aromatic rings. The van der Waals surface area contributed by atoms with Gasteiger partial charge in [0.05, 0.1) is 11.4 Å². The second-order valence-corrected chi connectivity index (χ2v) is 6.11. The highest BCUT2D eigenvalue weighted by atomic mass is 19.1. The van der Waals surface area contributed by atoms with Crippen LogP contribution in [0.1, 0.15) is 25.8 Å². The zero-order valence-corrected chi connectivity index (χ0v) is 14.9. The summed E-state index contributed by atoms with van der Waals surface area (Å²) in [5.41, 5.74) is 2.35. The molecule has 2 N–H and O–H groups in total. The number of rotatable bonds is 7. The molecule has 0 unspecified atom stereocenters. The number of anilines is 2. The molecule has 5 nitrogen and oxygen atoms in total. The van der Waals surface area contributed by atoms with Crippen LogP contribution >= 0.6 is 0 Å². The number of halogens is 1. The number of hydrogen-bond acceptors (Lipinski definition) is 5. The smallest absolute Gasteiger partial charge is 0.225 e. The second kappa shape index (κ2) is 8.38. The van der Waals surface area contributed by atoms with Gasteiger partial charge >= 0.3 is 0 Å². The fourth-order valence-electron chi connectivity index (χ4n) is 2.41. The van der Waals surface area contributed by atoms with E-state index in [0.717, 1.165) is 23.4 Å². The van der Waals surface area contributed by atoms with Crippen LogP contribution in [0.3, 0.4) is 0 Å². The quantitative estimate of drug-likeness (QED) is 0.656. The molecule has 0 aliphatic rings. The summed E-state index contributed by atoms with van der Waals surface area (Å²) in [4.78, 5) is 13.5. The average Bonchev–Trinajstić information content (AvgIpc) is 2.67. The van der Waals surface area contributed by atoms with E-state index in [2.05, 4.69) is 39.4 Å². The molecule has 0 spiro atoms. The minimum Gasteiger partial charge on any atom is -0.366 e. The molecular formula is C20H22FN5. The number of pyridine rings is 1. The van der Waals surface area contributed by atoms with E-state index in [0.29, 0.717) is 18.3 Å². The molecule has 0 saturated carbocycles.